The standard InChI is InChI=1S/C16H26N2O6/c1-11-5-12(8-17-7-11)10-23-18-3-2-4-22-16-15(21)14(20)6-13(9-19)24-16/h5,7-8,13-16,18-21H,2-4,6,9-10H2,1H3/p+1/t13?,14-,15?,16+/m1/s1. The van der Waals surface area contributed by atoms with Gasteiger partial charge in [-0.15, -0.1) is 0 Å². The summed E-state index contributed by atoms with van der Waals surface area (Å²) in [6.07, 6.45) is 1.14. The Hall–Kier alpha value is -1.13. The number of pyridine rings is 1. The van der Waals surface area contributed by atoms with Gasteiger partial charge in [0.2, 0.25) is 0 Å². The van der Waals surface area contributed by atoms with Gasteiger partial charge in [-0.2, -0.15) is 0 Å². The Kier molecular flexibility index (Phi) is 8.00. The number of aromatic nitrogens is 1. The van der Waals surface area contributed by atoms with Crippen LogP contribution in [0, 0.1) is 6.92 Å². The maximum absolute atomic E-state index is 9.82. The van der Waals surface area contributed by atoms with Crippen LogP contribution in [0.5, 0.6) is 0 Å². The third-order valence-corrected chi connectivity index (χ3v) is 3.75. The number of aryl methyl sites for hydroxylation is 1. The van der Waals surface area contributed by atoms with Crippen molar-refractivity contribution in [2.45, 2.75) is 51.0 Å². The summed E-state index contributed by atoms with van der Waals surface area (Å²) in [6, 6.07) is 2.03. The van der Waals surface area contributed by atoms with Crippen molar-refractivity contribution in [2.75, 3.05) is 19.8 Å². The smallest absolute Gasteiger partial charge is 0.186 e. The number of nitrogens with one attached hydrogen (secondary N) is 2. The van der Waals surface area contributed by atoms with E-state index in [0.29, 0.717) is 26.2 Å². The van der Waals surface area contributed by atoms with Gasteiger partial charge in [-0.3, -0.25) is 4.84 Å². The average Bonchev–Trinajstić information content (AvgIpc) is 2.57. The largest absolute Gasteiger partial charge is 0.394 e. The number of aliphatic hydroxyl groups excluding tert-OH is 3. The molecule has 0 saturated carbocycles. The lowest BCUT2D eigenvalue weighted by Gasteiger charge is -2.36. The highest BCUT2D eigenvalue weighted by molar-refractivity contribution is 5.12. The van der Waals surface area contributed by atoms with Gasteiger partial charge in [-0.1, -0.05) is 0 Å². The normalized spacial score (nSPS) is 27.3. The molecular formula is C16H27N2O6+. The molecule has 1 aliphatic heterocycles. The van der Waals surface area contributed by atoms with Crippen LogP contribution >= 0.6 is 0 Å². The van der Waals surface area contributed by atoms with E-state index >= 15 is 0 Å². The summed E-state index contributed by atoms with van der Waals surface area (Å²) < 4.78 is 10.8. The summed E-state index contributed by atoms with van der Waals surface area (Å²) in [5.74, 6) is 0. The molecule has 0 spiro atoms. The number of ether oxygens (including phenoxy) is 2. The first kappa shape index (κ1) is 19.2. The Morgan fingerprint density at radius 1 is 1.38 bits per heavy atom. The maximum atomic E-state index is 9.82. The number of aromatic amines is 1. The molecule has 2 unspecified atom stereocenters. The van der Waals surface area contributed by atoms with Crippen molar-refractivity contribution in [3.8, 4) is 0 Å². The highest BCUT2D eigenvalue weighted by Gasteiger charge is 2.36. The van der Waals surface area contributed by atoms with Gasteiger partial charge in [0, 0.05) is 24.1 Å². The molecule has 1 saturated heterocycles. The van der Waals surface area contributed by atoms with E-state index in [1.54, 1.807) is 0 Å². The molecule has 24 heavy (non-hydrogen) atoms. The molecule has 4 atom stereocenters. The number of hydrogen-bond donors (Lipinski definition) is 4. The van der Waals surface area contributed by atoms with Gasteiger partial charge in [0.05, 0.1) is 32.0 Å². The Balaban J connectivity index is 1.56. The van der Waals surface area contributed by atoms with E-state index < -0.39 is 24.6 Å². The van der Waals surface area contributed by atoms with E-state index in [-0.39, 0.29) is 13.0 Å². The first-order valence-corrected chi connectivity index (χ1v) is 8.15. The molecular weight excluding hydrogens is 316 g/mol. The fraction of sp³-hybridized carbons (Fsp3) is 0.688. The van der Waals surface area contributed by atoms with Crippen LogP contribution < -0.4 is 10.5 Å². The number of hydrogen-bond acceptors (Lipinski definition) is 7. The van der Waals surface area contributed by atoms with Crippen molar-refractivity contribution in [3.05, 3.63) is 29.6 Å². The van der Waals surface area contributed by atoms with Crippen molar-refractivity contribution in [1.82, 2.24) is 5.48 Å². The summed E-state index contributed by atoms with van der Waals surface area (Å²) in [7, 11) is 0. The minimum atomic E-state index is -1.10. The number of H-pyrrole nitrogens is 1. The monoisotopic (exact) mass is 343 g/mol. The zero-order valence-electron chi connectivity index (χ0n) is 13.9. The summed E-state index contributed by atoms with van der Waals surface area (Å²) in [5, 5.41) is 28.6. The van der Waals surface area contributed by atoms with Crippen molar-refractivity contribution in [1.29, 1.82) is 0 Å². The molecule has 2 rings (SSSR count). The highest BCUT2D eigenvalue weighted by Crippen LogP contribution is 2.21. The van der Waals surface area contributed by atoms with E-state index in [4.69, 9.17) is 19.4 Å². The van der Waals surface area contributed by atoms with Crippen molar-refractivity contribution in [3.63, 3.8) is 0 Å². The van der Waals surface area contributed by atoms with Crippen LogP contribution in [0.2, 0.25) is 0 Å². The van der Waals surface area contributed by atoms with Crippen LogP contribution in [-0.2, 0) is 20.9 Å². The zero-order valence-corrected chi connectivity index (χ0v) is 13.9. The molecule has 0 aromatic carbocycles. The summed E-state index contributed by atoms with van der Waals surface area (Å²) in [5.41, 5.74) is 5.03. The van der Waals surface area contributed by atoms with Crippen LogP contribution in [0.15, 0.2) is 18.5 Å². The second kappa shape index (κ2) is 10.00. The van der Waals surface area contributed by atoms with E-state index in [2.05, 4.69) is 10.5 Å². The van der Waals surface area contributed by atoms with Crippen LogP contribution in [-0.4, -0.2) is 59.7 Å². The molecule has 1 aromatic rings. The topological polar surface area (TPSA) is 115 Å². The van der Waals surface area contributed by atoms with Gasteiger partial charge in [0.25, 0.3) is 0 Å². The van der Waals surface area contributed by atoms with Gasteiger partial charge < -0.3 is 24.8 Å². The van der Waals surface area contributed by atoms with E-state index in [0.717, 1.165) is 11.1 Å². The molecule has 8 heteroatoms. The Bertz CT molecular complexity index is 489. The van der Waals surface area contributed by atoms with Crippen molar-refractivity contribution >= 4 is 0 Å². The fourth-order valence-corrected chi connectivity index (χ4v) is 2.46. The maximum Gasteiger partial charge on any atom is 0.186 e. The molecule has 1 fully saturated rings. The average molecular weight is 343 g/mol. The molecule has 1 aliphatic rings. The minimum Gasteiger partial charge on any atom is -0.394 e. The zero-order chi connectivity index (χ0) is 17.4. The predicted molar refractivity (Wildman–Crippen MR) is 83.5 cm³/mol. The quantitative estimate of drug-likeness (QED) is 0.338. The second-order valence-electron chi connectivity index (χ2n) is 5.93. The van der Waals surface area contributed by atoms with E-state index in [1.807, 2.05) is 25.4 Å². The van der Waals surface area contributed by atoms with Crippen molar-refractivity contribution < 1.29 is 34.6 Å². The number of rotatable bonds is 9. The van der Waals surface area contributed by atoms with Crippen LogP contribution in [0.1, 0.15) is 24.0 Å². The Labute approximate surface area is 141 Å². The molecule has 5 N–H and O–H groups in total. The first-order valence-electron chi connectivity index (χ1n) is 8.15. The predicted octanol–water partition coefficient (Wildman–Crippen LogP) is -0.934. The fourth-order valence-electron chi connectivity index (χ4n) is 2.46. The van der Waals surface area contributed by atoms with Crippen LogP contribution in [0.25, 0.3) is 0 Å². The first-order chi connectivity index (χ1) is 11.6. The lowest BCUT2D eigenvalue weighted by Crippen LogP contribution is -2.50. The van der Waals surface area contributed by atoms with Crippen molar-refractivity contribution in [2.24, 2.45) is 0 Å². The van der Waals surface area contributed by atoms with Crippen LogP contribution in [0.4, 0.5) is 0 Å². The number of aliphatic hydroxyl groups is 3. The van der Waals surface area contributed by atoms with E-state index in [1.165, 1.54) is 0 Å². The number of hydroxylamine groups is 1. The third-order valence-electron chi connectivity index (χ3n) is 3.75. The molecule has 0 radical (unpaired) electrons. The van der Waals surface area contributed by atoms with Gasteiger partial charge in [0.1, 0.15) is 6.10 Å². The molecule has 0 amide bonds. The van der Waals surface area contributed by atoms with Gasteiger partial charge in [-0.05, 0) is 19.4 Å². The molecule has 8 nitrogen and oxygen atoms in total. The molecule has 1 aromatic heterocycles. The summed E-state index contributed by atoms with van der Waals surface area (Å²) in [4.78, 5) is 8.40. The molecule has 2 heterocycles. The van der Waals surface area contributed by atoms with Gasteiger partial charge >= 0.3 is 0 Å². The van der Waals surface area contributed by atoms with Gasteiger partial charge in [-0.25, -0.2) is 10.5 Å². The second-order valence-corrected chi connectivity index (χ2v) is 5.93. The van der Waals surface area contributed by atoms with Gasteiger partial charge in [0.15, 0.2) is 18.7 Å². The Morgan fingerprint density at radius 3 is 2.96 bits per heavy atom. The summed E-state index contributed by atoms with van der Waals surface area (Å²) >= 11 is 0. The molecule has 0 bridgehead atoms. The minimum absolute atomic E-state index is 0.198. The highest BCUT2D eigenvalue weighted by atomic mass is 16.7. The van der Waals surface area contributed by atoms with Crippen LogP contribution in [0.3, 0.4) is 0 Å². The molecule has 136 valence electrons. The SMILES string of the molecule is Cc1c[nH+]cc(CONCCCO[C@H]2OC(CO)C[C@@H](O)C2O)c1. The molecule has 0 aliphatic carbocycles. The summed E-state index contributed by atoms with van der Waals surface area (Å²) in [6.45, 7) is 3.15. The lowest BCUT2D eigenvalue weighted by molar-refractivity contribution is -0.379. The third kappa shape index (κ3) is 6.06. The lowest BCUT2D eigenvalue weighted by atomic mass is 10.0. The van der Waals surface area contributed by atoms with E-state index in [9.17, 15) is 10.2 Å². The Morgan fingerprint density at radius 2 is 2.21 bits per heavy atom.